The number of nitrogens with zero attached hydrogens (tertiary/aromatic N) is 4. The van der Waals surface area contributed by atoms with Crippen LogP contribution in [0.15, 0.2) is 39.9 Å². The number of carbonyl (C=O) groups is 1. The van der Waals surface area contributed by atoms with E-state index in [-0.39, 0.29) is 11.8 Å². The van der Waals surface area contributed by atoms with Gasteiger partial charge in [0.05, 0.1) is 11.8 Å². The van der Waals surface area contributed by atoms with Crippen molar-refractivity contribution in [3.8, 4) is 5.75 Å². The summed E-state index contributed by atoms with van der Waals surface area (Å²) in [7, 11) is -1.88. The van der Waals surface area contributed by atoms with Gasteiger partial charge in [0.25, 0.3) is 10.0 Å². The van der Waals surface area contributed by atoms with Crippen LogP contribution in [0.2, 0.25) is 0 Å². The first kappa shape index (κ1) is 26.0. The number of ether oxygens (including phenoxy) is 1. The molecule has 1 aliphatic rings. The minimum Gasteiger partial charge on any atom is -0.494 e. The highest BCUT2D eigenvalue weighted by molar-refractivity contribution is 7.91. The number of amides is 1. The van der Waals surface area contributed by atoms with Crippen LogP contribution in [0.1, 0.15) is 26.7 Å². The second kappa shape index (κ2) is 11.3. The minimum atomic E-state index is -3.50. The Morgan fingerprint density at radius 2 is 1.89 bits per heavy atom. The molecular formula is C24H32N4O4S3. The van der Waals surface area contributed by atoms with Gasteiger partial charge >= 0.3 is 0 Å². The van der Waals surface area contributed by atoms with Crippen LogP contribution in [-0.2, 0) is 14.8 Å². The van der Waals surface area contributed by atoms with Crippen molar-refractivity contribution in [2.24, 2.45) is 5.92 Å². The molecule has 0 unspecified atom stereocenters. The monoisotopic (exact) mass is 536 g/mol. The number of rotatable bonds is 10. The van der Waals surface area contributed by atoms with Gasteiger partial charge in [-0.05, 0) is 49.5 Å². The normalized spacial score (nSPS) is 15.7. The average Bonchev–Trinajstić information content (AvgIpc) is 3.57. The molecule has 35 heavy (non-hydrogen) atoms. The van der Waals surface area contributed by atoms with Gasteiger partial charge in [0.15, 0.2) is 5.13 Å². The first-order chi connectivity index (χ1) is 16.9. The number of fused-ring (bicyclic) bond motifs is 1. The number of piperidine rings is 1. The van der Waals surface area contributed by atoms with Crippen LogP contribution in [0, 0.1) is 5.92 Å². The lowest BCUT2D eigenvalue weighted by atomic mass is 9.96. The van der Waals surface area contributed by atoms with E-state index in [1.54, 1.807) is 29.5 Å². The molecule has 4 rings (SSSR count). The van der Waals surface area contributed by atoms with E-state index in [2.05, 4.69) is 18.7 Å². The zero-order chi connectivity index (χ0) is 25.0. The van der Waals surface area contributed by atoms with E-state index in [9.17, 15) is 13.2 Å². The Kier molecular flexibility index (Phi) is 8.43. The van der Waals surface area contributed by atoms with Crippen molar-refractivity contribution in [1.82, 2.24) is 14.2 Å². The summed E-state index contributed by atoms with van der Waals surface area (Å²) in [6.07, 6.45) is 0.999. The smallest absolute Gasteiger partial charge is 0.252 e. The van der Waals surface area contributed by atoms with Crippen LogP contribution < -0.4 is 9.64 Å². The summed E-state index contributed by atoms with van der Waals surface area (Å²) in [5.41, 5.74) is 0.757. The SMILES string of the molecule is CCN(CC)CCN(C(=O)C1CCN(S(=O)(=O)c2cccs2)CC1)c1nc2c(OC)cccc2s1. The van der Waals surface area contributed by atoms with Gasteiger partial charge in [-0.3, -0.25) is 9.69 Å². The molecule has 11 heteroatoms. The topological polar surface area (TPSA) is 83.0 Å². The fourth-order valence-corrected chi connectivity index (χ4v) is 8.00. The van der Waals surface area contributed by atoms with Crippen molar-refractivity contribution < 1.29 is 17.9 Å². The molecule has 0 spiro atoms. The number of aromatic nitrogens is 1. The third-order valence-corrected chi connectivity index (χ3v) is 10.8. The molecule has 2 aromatic heterocycles. The molecule has 0 bridgehead atoms. The Labute approximate surface area is 215 Å². The number of carbonyl (C=O) groups excluding carboxylic acids is 1. The fourth-order valence-electron chi connectivity index (χ4n) is 4.37. The summed E-state index contributed by atoms with van der Waals surface area (Å²) in [6.45, 7) is 8.01. The van der Waals surface area contributed by atoms with Gasteiger partial charge in [0.1, 0.15) is 15.5 Å². The van der Waals surface area contributed by atoms with Crippen LogP contribution in [0.5, 0.6) is 5.75 Å². The number of sulfonamides is 1. The number of likely N-dealkylation sites (N-methyl/N-ethyl adjacent to an activating group) is 1. The third-order valence-electron chi connectivity index (χ3n) is 6.51. The third kappa shape index (κ3) is 5.54. The molecule has 3 heterocycles. The fraction of sp³-hybridized carbons (Fsp3) is 0.500. The van der Waals surface area contributed by atoms with Crippen LogP contribution in [-0.4, -0.2) is 74.9 Å². The Hall–Kier alpha value is -2.05. The van der Waals surface area contributed by atoms with Crippen molar-refractivity contribution >= 4 is 54.0 Å². The van der Waals surface area contributed by atoms with Gasteiger partial charge in [0, 0.05) is 32.1 Å². The maximum atomic E-state index is 13.8. The highest BCUT2D eigenvalue weighted by Gasteiger charge is 2.35. The lowest BCUT2D eigenvalue weighted by Crippen LogP contribution is -2.46. The molecule has 1 saturated heterocycles. The quantitative estimate of drug-likeness (QED) is 0.387. The van der Waals surface area contributed by atoms with Gasteiger partial charge in [-0.2, -0.15) is 4.31 Å². The second-order valence-electron chi connectivity index (χ2n) is 8.43. The molecular weight excluding hydrogens is 504 g/mol. The number of anilines is 1. The van der Waals surface area contributed by atoms with E-state index in [4.69, 9.17) is 9.72 Å². The predicted molar refractivity (Wildman–Crippen MR) is 142 cm³/mol. The summed E-state index contributed by atoms with van der Waals surface area (Å²) in [5.74, 6) is 0.465. The van der Waals surface area contributed by atoms with E-state index >= 15 is 0 Å². The van der Waals surface area contributed by atoms with E-state index < -0.39 is 10.0 Å². The lowest BCUT2D eigenvalue weighted by Gasteiger charge is -2.33. The number of benzene rings is 1. The van der Waals surface area contributed by atoms with Crippen molar-refractivity contribution in [2.75, 3.05) is 51.3 Å². The summed E-state index contributed by atoms with van der Waals surface area (Å²) in [6, 6.07) is 9.16. The maximum absolute atomic E-state index is 13.8. The van der Waals surface area contributed by atoms with Crippen molar-refractivity contribution in [3.63, 3.8) is 0 Å². The number of para-hydroxylation sites is 1. The van der Waals surface area contributed by atoms with Crippen LogP contribution in [0.25, 0.3) is 10.2 Å². The van der Waals surface area contributed by atoms with Crippen LogP contribution in [0.4, 0.5) is 5.13 Å². The molecule has 0 radical (unpaired) electrons. The molecule has 0 N–H and O–H groups in total. The van der Waals surface area contributed by atoms with Gasteiger partial charge in [-0.25, -0.2) is 13.4 Å². The van der Waals surface area contributed by atoms with Crippen LogP contribution >= 0.6 is 22.7 Å². The molecule has 0 atom stereocenters. The van der Waals surface area contributed by atoms with Crippen molar-refractivity contribution in [3.05, 3.63) is 35.7 Å². The van der Waals surface area contributed by atoms with Crippen LogP contribution in [0.3, 0.4) is 0 Å². The van der Waals surface area contributed by atoms with E-state index in [0.717, 1.165) is 29.9 Å². The predicted octanol–water partition coefficient (Wildman–Crippen LogP) is 4.14. The Morgan fingerprint density at radius 1 is 1.14 bits per heavy atom. The summed E-state index contributed by atoms with van der Waals surface area (Å²) < 4.78 is 34.1. The van der Waals surface area contributed by atoms with Gasteiger partial charge in [-0.15, -0.1) is 11.3 Å². The summed E-state index contributed by atoms with van der Waals surface area (Å²) in [5, 5.41) is 2.43. The Balaban J connectivity index is 1.54. The highest BCUT2D eigenvalue weighted by Crippen LogP contribution is 2.35. The second-order valence-corrected chi connectivity index (χ2v) is 12.6. The zero-order valence-corrected chi connectivity index (χ0v) is 22.8. The standard InChI is InChI=1S/C24H32N4O4S3/c1-4-26(5-2)15-16-28(24-25-22-19(32-3)8-6-9-20(22)34-24)23(29)18-11-13-27(14-12-18)35(30,31)21-10-7-17-33-21/h6-10,17-18H,4-5,11-16H2,1-3H3. The lowest BCUT2D eigenvalue weighted by molar-refractivity contribution is -0.123. The van der Waals surface area contributed by atoms with Gasteiger partial charge in [-0.1, -0.05) is 37.3 Å². The van der Waals surface area contributed by atoms with Crippen molar-refractivity contribution in [1.29, 1.82) is 0 Å². The molecule has 1 aliphatic heterocycles. The molecule has 8 nitrogen and oxygen atoms in total. The molecule has 190 valence electrons. The number of thiophene rings is 1. The minimum absolute atomic E-state index is 0.0170. The maximum Gasteiger partial charge on any atom is 0.252 e. The highest BCUT2D eigenvalue weighted by atomic mass is 32.2. The van der Waals surface area contributed by atoms with Crippen molar-refractivity contribution in [2.45, 2.75) is 30.9 Å². The molecule has 3 aromatic rings. The molecule has 1 amide bonds. The molecule has 1 aromatic carbocycles. The average molecular weight is 537 g/mol. The largest absolute Gasteiger partial charge is 0.494 e. The summed E-state index contributed by atoms with van der Waals surface area (Å²) in [4.78, 5) is 22.7. The molecule has 0 saturated carbocycles. The number of hydrogen-bond donors (Lipinski definition) is 0. The number of thiazole rings is 1. The Bertz CT molecular complexity index is 1230. The number of methoxy groups -OCH3 is 1. The number of hydrogen-bond acceptors (Lipinski definition) is 8. The zero-order valence-electron chi connectivity index (χ0n) is 20.3. The first-order valence-electron chi connectivity index (χ1n) is 11.9. The molecule has 0 aliphatic carbocycles. The van der Waals surface area contributed by atoms with E-state index in [1.165, 1.54) is 27.0 Å². The Morgan fingerprint density at radius 3 is 2.51 bits per heavy atom. The van der Waals surface area contributed by atoms with Gasteiger partial charge < -0.3 is 9.64 Å². The van der Waals surface area contributed by atoms with E-state index in [0.29, 0.717) is 47.6 Å². The molecule has 1 fully saturated rings. The first-order valence-corrected chi connectivity index (χ1v) is 15.0. The van der Waals surface area contributed by atoms with E-state index in [1.807, 2.05) is 18.2 Å². The van der Waals surface area contributed by atoms with Gasteiger partial charge in [0.2, 0.25) is 5.91 Å². The summed E-state index contributed by atoms with van der Waals surface area (Å²) >= 11 is 2.71.